The summed E-state index contributed by atoms with van der Waals surface area (Å²) in [6, 6.07) is 0.299. The Bertz CT molecular complexity index is 435. The predicted octanol–water partition coefficient (Wildman–Crippen LogP) is 0.863. The van der Waals surface area contributed by atoms with Crippen molar-refractivity contribution in [1.82, 2.24) is 14.8 Å². The molecule has 1 aliphatic rings. The molecule has 6 nitrogen and oxygen atoms in total. The van der Waals surface area contributed by atoms with Crippen LogP contribution in [0.5, 0.6) is 0 Å². The fourth-order valence-corrected chi connectivity index (χ4v) is 2.39. The molecule has 1 saturated carbocycles. The first-order chi connectivity index (χ1) is 7.68. The molecule has 1 aromatic rings. The van der Waals surface area contributed by atoms with E-state index in [0.717, 1.165) is 12.8 Å². The van der Waals surface area contributed by atoms with E-state index in [0.29, 0.717) is 23.4 Å². The zero-order chi connectivity index (χ0) is 11.5. The van der Waals surface area contributed by atoms with Crippen LogP contribution in [0.25, 0.3) is 0 Å². The lowest BCUT2D eigenvalue weighted by Crippen LogP contribution is -2.16. The van der Waals surface area contributed by atoms with Gasteiger partial charge in [0.05, 0.1) is 0 Å². The second-order valence-corrected chi connectivity index (χ2v) is 4.82. The monoisotopic (exact) mass is 243 g/mol. The second-order valence-electron chi connectivity index (χ2n) is 3.76. The van der Waals surface area contributed by atoms with Gasteiger partial charge >= 0.3 is 11.7 Å². The number of aliphatic carboxylic acids is 1. The van der Waals surface area contributed by atoms with Gasteiger partial charge in [-0.3, -0.25) is 9.36 Å². The Morgan fingerprint density at radius 1 is 1.62 bits per heavy atom. The number of H-pyrrole nitrogens is 1. The fourth-order valence-electron chi connectivity index (χ4n) is 1.43. The molecule has 0 unspecified atom stereocenters. The molecule has 0 saturated heterocycles. The average molecular weight is 243 g/mol. The first kappa shape index (κ1) is 11.3. The molecule has 0 aromatic carbocycles. The first-order valence-electron chi connectivity index (χ1n) is 5.20. The van der Waals surface area contributed by atoms with Crippen molar-refractivity contribution in [2.45, 2.75) is 36.9 Å². The van der Waals surface area contributed by atoms with Gasteiger partial charge in [0, 0.05) is 18.2 Å². The Morgan fingerprint density at radius 3 is 3.00 bits per heavy atom. The number of hydrogen-bond donors (Lipinski definition) is 2. The fraction of sp³-hybridized carbons (Fsp3) is 0.667. The average Bonchev–Trinajstić information content (AvgIpc) is 2.99. The van der Waals surface area contributed by atoms with Crippen LogP contribution in [0.3, 0.4) is 0 Å². The molecule has 0 amide bonds. The Hall–Kier alpha value is -1.24. The van der Waals surface area contributed by atoms with Crippen molar-refractivity contribution in [3.05, 3.63) is 10.5 Å². The van der Waals surface area contributed by atoms with Crippen LogP contribution in [0.15, 0.2) is 9.95 Å². The molecule has 1 fully saturated rings. The number of hydrogen-bond acceptors (Lipinski definition) is 4. The number of aromatic amines is 1. The minimum atomic E-state index is -0.790. The highest BCUT2D eigenvalue weighted by atomic mass is 32.2. The standard InChI is InChI=1S/C9H13N3O3S/c13-7(14)2-1-5-16-9-11-10-8(15)12(9)6-3-4-6/h6H,1-5H2,(H,10,15)(H,13,14). The molecular formula is C9H13N3O3S. The number of nitrogens with one attached hydrogen (secondary N) is 1. The van der Waals surface area contributed by atoms with Crippen LogP contribution in [0.2, 0.25) is 0 Å². The number of aromatic nitrogens is 3. The highest BCUT2D eigenvalue weighted by Crippen LogP contribution is 2.36. The van der Waals surface area contributed by atoms with Gasteiger partial charge in [-0.05, 0) is 19.3 Å². The Kier molecular flexibility index (Phi) is 3.33. The Labute approximate surface area is 96.0 Å². The van der Waals surface area contributed by atoms with Gasteiger partial charge in [-0.2, -0.15) is 0 Å². The number of nitrogens with zero attached hydrogens (tertiary/aromatic N) is 2. The van der Waals surface area contributed by atoms with Crippen molar-refractivity contribution in [3.8, 4) is 0 Å². The summed E-state index contributed by atoms with van der Waals surface area (Å²) in [6.45, 7) is 0. The van der Waals surface area contributed by atoms with Crippen LogP contribution in [0, 0.1) is 0 Å². The minimum absolute atomic E-state index is 0.158. The van der Waals surface area contributed by atoms with Gasteiger partial charge in [-0.15, -0.1) is 5.10 Å². The van der Waals surface area contributed by atoms with Crippen molar-refractivity contribution in [1.29, 1.82) is 0 Å². The summed E-state index contributed by atoms with van der Waals surface area (Å²) in [7, 11) is 0. The SMILES string of the molecule is O=C(O)CCCSc1n[nH]c(=O)n1C1CC1. The first-order valence-corrected chi connectivity index (χ1v) is 6.18. The molecule has 0 aliphatic heterocycles. The van der Waals surface area contributed by atoms with E-state index in [-0.39, 0.29) is 12.1 Å². The molecule has 0 atom stereocenters. The molecule has 0 spiro atoms. The smallest absolute Gasteiger partial charge is 0.344 e. The molecule has 0 radical (unpaired) electrons. The van der Waals surface area contributed by atoms with E-state index in [4.69, 9.17) is 5.11 Å². The van der Waals surface area contributed by atoms with Crippen molar-refractivity contribution in [2.75, 3.05) is 5.75 Å². The van der Waals surface area contributed by atoms with Crippen LogP contribution >= 0.6 is 11.8 Å². The topological polar surface area (TPSA) is 88.0 Å². The largest absolute Gasteiger partial charge is 0.481 e. The van der Waals surface area contributed by atoms with Gasteiger partial charge in [0.25, 0.3) is 0 Å². The Balaban J connectivity index is 1.89. The summed E-state index contributed by atoms with van der Waals surface area (Å²) in [5.74, 6) is -0.120. The maximum Gasteiger partial charge on any atom is 0.344 e. The molecule has 88 valence electrons. The normalized spacial score (nSPS) is 15.2. The highest BCUT2D eigenvalue weighted by Gasteiger charge is 2.28. The zero-order valence-electron chi connectivity index (χ0n) is 8.68. The van der Waals surface area contributed by atoms with Gasteiger partial charge in [0.1, 0.15) is 0 Å². The number of thioether (sulfide) groups is 1. The summed E-state index contributed by atoms with van der Waals surface area (Å²) >= 11 is 1.44. The summed E-state index contributed by atoms with van der Waals surface area (Å²) in [5, 5.41) is 15.5. The maximum absolute atomic E-state index is 11.4. The van der Waals surface area contributed by atoms with Gasteiger partial charge in [-0.25, -0.2) is 9.89 Å². The van der Waals surface area contributed by atoms with Crippen LogP contribution in [0.1, 0.15) is 31.7 Å². The van der Waals surface area contributed by atoms with Gasteiger partial charge in [0.2, 0.25) is 0 Å². The zero-order valence-corrected chi connectivity index (χ0v) is 9.50. The molecule has 1 heterocycles. The van der Waals surface area contributed by atoms with Crippen molar-refractivity contribution in [2.24, 2.45) is 0 Å². The van der Waals surface area contributed by atoms with E-state index >= 15 is 0 Å². The van der Waals surface area contributed by atoms with Crippen LogP contribution in [0.4, 0.5) is 0 Å². The highest BCUT2D eigenvalue weighted by molar-refractivity contribution is 7.99. The van der Waals surface area contributed by atoms with Crippen molar-refractivity contribution < 1.29 is 9.90 Å². The molecule has 2 N–H and O–H groups in total. The van der Waals surface area contributed by atoms with E-state index in [1.807, 2.05) is 0 Å². The molecule has 0 bridgehead atoms. The predicted molar refractivity (Wildman–Crippen MR) is 58.7 cm³/mol. The van der Waals surface area contributed by atoms with Gasteiger partial charge in [-0.1, -0.05) is 11.8 Å². The lowest BCUT2D eigenvalue weighted by Gasteiger charge is -2.01. The molecule has 1 aromatic heterocycles. The minimum Gasteiger partial charge on any atom is -0.481 e. The van der Waals surface area contributed by atoms with Gasteiger partial charge < -0.3 is 5.11 Å². The third-order valence-corrected chi connectivity index (χ3v) is 3.39. The van der Waals surface area contributed by atoms with E-state index < -0.39 is 5.97 Å². The summed E-state index contributed by atoms with van der Waals surface area (Å²) < 4.78 is 1.67. The summed E-state index contributed by atoms with van der Waals surface area (Å²) in [4.78, 5) is 21.7. The van der Waals surface area contributed by atoms with Crippen molar-refractivity contribution in [3.63, 3.8) is 0 Å². The van der Waals surface area contributed by atoms with Crippen molar-refractivity contribution >= 4 is 17.7 Å². The van der Waals surface area contributed by atoms with E-state index in [2.05, 4.69) is 10.2 Å². The third-order valence-electron chi connectivity index (χ3n) is 2.35. The summed E-state index contributed by atoms with van der Waals surface area (Å²) in [6.07, 6.45) is 2.81. The van der Waals surface area contributed by atoms with Gasteiger partial charge in [0.15, 0.2) is 5.16 Å². The molecular weight excluding hydrogens is 230 g/mol. The molecule has 16 heavy (non-hydrogen) atoms. The molecule has 7 heteroatoms. The second kappa shape index (κ2) is 4.73. The maximum atomic E-state index is 11.4. The van der Waals surface area contributed by atoms with E-state index in [1.165, 1.54) is 11.8 Å². The number of carboxylic acids is 1. The van der Waals surface area contributed by atoms with E-state index in [9.17, 15) is 9.59 Å². The Morgan fingerprint density at radius 2 is 2.38 bits per heavy atom. The number of carbonyl (C=O) groups is 1. The quantitative estimate of drug-likeness (QED) is 0.571. The number of rotatable bonds is 6. The lowest BCUT2D eigenvalue weighted by molar-refractivity contribution is -0.137. The lowest BCUT2D eigenvalue weighted by atomic mass is 10.3. The van der Waals surface area contributed by atoms with Crippen LogP contribution < -0.4 is 5.69 Å². The summed E-state index contributed by atoms with van der Waals surface area (Å²) in [5.41, 5.74) is -0.164. The molecule has 1 aliphatic carbocycles. The van der Waals surface area contributed by atoms with Crippen LogP contribution in [-0.2, 0) is 4.79 Å². The third kappa shape index (κ3) is 2.66. The number of carboxylic acid groups (broad SMARTS) is 1. The van der Waals surface area contributed by atoms with E-state index in [1.54, 1.807) is 4.57 Å². The van der Waals surface area contributed by atoms with Crippen LogP contribution in [-0.4, -0.2) is 31.6 Å². The molecule has 2 rings (SSSR count).